The number of hydrogen-bond donors (Lipinski definition) is 1. The van der Waals surface area contributed by atoms with Gasteiger partial charge in [-0.1, -0.05) is 0 Å². The number of halogens is 1. The summed E-state index contributed by atoms with van der Waals surface area (Å²) in [4.78, 5) is 0. The van der Waals surface area contributed by atoms with E-state index >= 15 is 0 Å². The van der Waals surface area contributed by atoms with E-state index in [0.717, 1.165) is 39.1 Å². The molecule has 2 N–H and O–H groups in total. The van der Waals surface area contributed by atoms with E-state index in [4.69, 9.17) is 15.2 Å². The second-order valence-corrected chi connectivity index (χ2v) is 3.59. The van der Waals surface area contributed by atoms with Gasteiger partial charge in [0.1, 0.15) is 0 Å². The van der Waals surface area contributed by atoms with E-state index in [9.17, 15) is 0 Å². The molecule has 2 rings (SSSR count). The predicted molar refractivity (Wildman–Crippen MR) is 48.6 cm³/mol. The second kappa shape index (κ2) is 3.92. The van der Waals surface area contributed by atoms with Crippen LogP contribution < -0.4 is 5.73 Å². The maximum Gasteiger partial charge on any atom is 0.0951 e. The topological polar surface area (TPSA) is 44.5 Å². The van der Waals surface area contributed by atoms with Gasteiger partial charge in [-0.25, -0.2) is 0 Å². The molecule has 4 heteroatoms. The fourth-order valence-corrected chi connectivity index (χ4v) is 1.93. The summed E-state index contributed by atoms with van der Waals surface area (Å²) >= 11 is 0. The first kappa shape index (κ1) is 10.3. The van der Waals surface area contributed by atoms with E-state index in [-0.39, 0.29) is 18.0 Å². The van der Waals surface area contributed by atoms with Crippen molar-refractivity contribution in [3.8, 4) is 0 Å². The lowest BCUT2D eigenvalue weighted by molar-refractivity contribution is -0.0851. The molecule has 2 aliphatic heterocycles. The van der Waals surface area contributed by atoms with E-state index in [0.29, 0.717) is 6.04 Å². The molecule has 0 aromatic heterocycles. The fraction of sp³-hybridized carbons (Fsp3) is 1.00. The average molecular weight is 194 g/mol. The van der Waals surface area contributed by atoms with Crippen molar-refractivity contribution in [1.82, 2.24) is 0 Å². The highest BCUT2D eigenvalue weighted by molar-refractivity contribution is 5.85. The highest BCUT2D eigenvalue weighted by atomic mass is 35.5. The van der Waals surface area contributed by atoms with Crippen molar-refractivity contribution in [3.05, 3.63) is 0 Å². The van der Waals surface area contributed by atoms with Crippen molar-refractivity contribution in [1.29, 1.82) is 0 Å². The van der Waals surface area contributed by atoms with Crippen molar-refractivity contribution in [2.75, 3.05) is 19.8 Å². The first-order valence-electron chi connectivity index (χ1n) is 4.28. The summed E-state index contributed by atoms with van der Waals surface area (Å²) in [5.41, 5.74) is 5.85. The smallest absolute Gasteiger partial charge is 0.0951 e. The summed E-state index contributed by atoms with van der Waals surface area (Å²) in [6, 6.07) is 0.324. The highest BCUT2D eigenvalue weighted by Gasteiger charge is 2.39. The Hall–Kier alpha value is 0.170. The SMILES string of the molecule is Cl.NC1CCOC2(CCOC2)C1. The first-order chi connectivity index (χ1) is 5.31. The Bertz CT molecular complexity index is 148. The Labute approximate surface area is 79.0 Å². The first-order valence-corrected chi connectivity index (χ1v) is 4.28. The lowest BCUT2D eigenvalue weighted by Gasteiger charge is -2.35. The van der Waals surface area contributed by atoms with Crippen LogP contribution in [0.4, 0.5) is 0 Å². The molecule has 0 aromatic rings. The second-order valence-electron chi connectivity index (χ2n) is 3.59. The van der Waals surface area contributed by atoms with Crippen LogP contribution in [0.15, 0.2) is 0 Å². The van der Waals surface area contributed by atoms with Gasteiger partial charge in [-0.15, -0.1) is 12.4 Å². The molecule has 72 valence electrons. The van der Waals surface area contributed by atoms with Crippen molar-refractivity contribution in [2.24, 2.45) is 5.73 Å². The molecule has 2 atom stereocenters. The summed E-state index contributed by atoms with van der Waals surface area (Å²) in [6.45, 7) is 2.40. The summed E-state index contributed by atoms with van der Waals surface area (Å²) in [5, 5.41) is 0. The van der Waals surface area contributed by atoms with E-state index in [2.05, 4.69) is 0 Å². The van der Waals surface area contributed by atoms with Gasteiger partial charge in [-0.3, -0.25) is 0 Å². The Morgan fingerprint density at radius 2 is 2.17 bits per heavy atom. The van der Waals surface area contributed by atoms with Crippen LogP contribution in [-0.4, -0.2) is 31.5 Å². The largest absolute Gasteiger partial charge is 0.378 e. The summed E-state index contributed by atoms with van der Waals surface area (Å²) in [5.74, 6) is 0. The maximum atomic E-state index is 5.85. The summed E-state index contributed by atoms with van der Waals surface area (Å²) < 4.78 is 11.0. The number of ether oxygens (including phenoxy) is 2. The molecule has 12 heavy (non-hydrogen) atoms. The third-order valence-electron chi connectivity index (χ3n) is 2.60. The molecule has 0 radical (unpaired) electrons. The van der Waals surface area contributed by atoms with Crippen LogP contribution in [-0.2, 0) is 9.47 Å². The summed E-state index contributed by atoms with van der Waals surface area (Å²) in [7, 11) is 0. The highest BCUT2D eigenvalue weighted by Crippen LogP contribution is 2.31. The van der Waals surface area contributed by atoms with E-state index in [1.807, 2.05) is 0 Å². The van der Waals surface area contributed by atoms with Crippen molar-refractivity contribution < 1.29 is 9.47 Å². The molecule has 0 aromatic carbocycles. The van der Waals surface area contributed by atoms with E-state index < -0.39 is 0 Å². The van der Waals surface area contributed by atoms with E-state index in [1.54, 1.807) is 0 Å². The molecule has 0 amide bonds. The quantitative estimate of drug-likeness (QED) is 0.616. The summed E-state index contributed by atoms with van der Waals surface area (Å²) in [6.07, 6.45) is 3.01. The molecule has 2 saturated heterocycles. The number of hydrogen-bond acceptors (Lipinski definition) is 3. The van der Waals surface area contributed by atoms with Gasteiger partial charge in [0, 0.05) is 25.7 Å². The zero-order valence-corrected chi connectivity index (χ0v) is 7.94. The van der Waals surface area contributed by atoms with Crippen LogP contribution in [0.3, 0.4) is 0 Å². The average Bonchev–Trinajstić information content (AvgIpc) is 2.37. The molecule has 3 nitrogen and oxygen atoms in total. The monoisotopic (exact) mass is 193 g/mol. The minimum atomic E-state index is -0.00231. The van der Waals surface area contributed by atoms with Crippen molar-refractivity contribution in [2.45, 2.75) is 30.9 Å². The van der Waals surface area contributed by atoms with Gasteiger partial charge >= 0.3 is 0 Å². The van der Waals surface area contributed by atoms with Gasteiger partial charge in [0.2, 0.25) is 0 Å². The molecule has 2 fully saturated rings. The molecular weight excluding hydrogens is 178 g/mol. The predicted octanol–water partition coefficient (Wildman–Crippen LogP) is 0.705. The van der Waals surface area contributed by atoms with Crippen LogP contribution in [0.5, 0.6) is 0 Å². The Morgan fingerprint density at radius 1 is 1.33 bits per heavy atom. The number of rotatable bonds is 0. The molecule has 1 spiro atoms. The van der Waals surface area contributed by atoms with Crippen molar-refractivity contribution in [3.63, 3.8) is 0 Å². The molecule has 0 bridgehead atoms. The Kier molecular flexibility index (Phi) is 3.35. The van der Waals surface area contributed by atoms with Gasteiger partial charge < -0.3 is 15.2 Å². The van der Waals surface area contributed by atoms with Crippen LogP contribution in [0.1, 0.15) is 19.3 Å². The normalized spacial score (nSPS) is 41.2. The molecule has 0 aliphatic carbocycles. The number of nitrogens with two attached hydrogens (primary N) is 1. The Morgan fingerprint density at radius 3 is 2.75 bits per heavy atom. The minimum Gasteiger partial charge on any atom is -0.378 e. The minimum absolute atomic E-state index is 0. The van der Waals surface area contributed by atoms with Crippen LogP contribution in [0, 0.1) is 0 Å². The van der Waals surface area contributed by atoms with Gasteiger partial charge in [-0.2, -0.15) is 0 Å². The van der Waals surface area contributed by atoms with Gasteiger partial charge in [0.25, 0.3) is 0 Å². The molecular formula is C8H16ClNO2. The zero-order valence-electron chi connectivity index (χ0n) is 7.12. The van der Waals surface area contributed by atoms with Crippen molar-refractivity contribution >= 4 is 12.4 Å². The van der Waals surface area contributed by atoms with Crippen LogP contribution >= 0.6 is 12.4 Å². The van der Waals surface area contributed by atoms with Crippen LogP contribution in [0.25, 0.3) is 0 Å². The molecule has 0 saturated carbocycles. The lowest BCUT2D eigenvalue weighted by Crippen LogP contribution is -2.45. The third-order valence-corrected chi connectivity index (χ3v) is 2.60. The standard InChI is InChI=1S/C8H15NO2.ClH/c9-7-1-3-11-8(5-7)2-4-10-6-8;/h7H,1-6,9H2;1H. The van der Waals surface area contributed by atoms with Gasteiger partial charge in [-0.05, 0) is 12.8 Å². The van der Waals surface area contributed by atoms with Gasteiger partial charge in [0.15, 0.2) is 0 Å². The molecule has 2 unspecified atom stereocenters. The van der Waals surface area contributed by atoms with Crippen LogP contribution in [0.2, 0.25) is 0 Å². The molecule has 2 heterocycles. The van der Waals surface area contributed by atoms with E-state index in [1.165, 1.54) is 0 Å². The fourth-order valence-electron chi connectivity index (χ4n) is 1.93. The maximum absolute atomic E-state index is 5.85. The molecule has 2 aliphatic rings. The zero-order chi connectivity index (χ0) is 7.73. The Balaban J connectivity index is 0.000000720. The van der Waals surface area contributed by atoms with Gasteiger partial charge in [0.05, 0.1) is 12.2 Å². The third kappa shape index (κ3) is 1.91. The lowest BCUT2D eigenvalue weighted by atomic mass is 9.90.